The van der Waals surface area contributed by atoms with Crippen LogP contribution < -0.4 is 5.56 Å². The fraction of sp³-hybridized carbons (Fsp3) is 0.333. The number of fused-ring (bicyclic) bond motifs is 1. The van der Waals surface area contributed by atoms with Crippen LogP contribution in [0.2, 0.25) is 10.3 Å². The van der Waals surface area contributed by atoms with Gasteiger partial charge in [-0.25, -0.2) is 4.98 Å². The van der Waals surface area contributed by atoms with Crippen LogP contribution in [0.3, 0.4) is 0 Å². The molecule has 2 aromatic rings. The van der Waals surface area contributed by atoms with Crippen molar-refractivity contribution in [2.75, 3.05) is 0 Å². The van der Waals surface area contributed by atoms with Gasteiger partial charge in [-0.05, 0) is 52.7 Å². The van der Waals surface area contributed by atoms with Crippen LogP contribution in [0.5, 0.6) is 0 Å². The van der Waals surface area contributed by atoms with Crippen LogP contribution in [-0.4, -0.2) is 9.55 Å². The molecule has 0 N–H and O–H groups in total. The third-order valence-electron chi connectivity index (χ3n) is 2.67. The molecular weight excluding hydrogens is 386 g/mol. The number of unbranched alkanes of at least 4 members (excludes halogenated alkanes) is 1. The maximum Gasteiger partial charge on any atom is 0.262 e. The minimum atomic E-state index is -0.126. The van der Waals surface area contributed by atoms with Crippen LogP contribution in [0.1, 0.15) is 19.8 Å². The zero-order chi connectivity index (χ0) is 13.3. The van der Waals surface area contributed by atoms with Crippen molar-refractivity contribution in [1.82, 2.24) is 9.55 Å². The average Bonchev–Trinajstić information content (AvgIpc) is 2.31. The van der Waals surface area contributed by atoms with Gasteiger partial charge in [0.05, 0.1) is 10.9 Å². The Labute approximate surface area is 128 Å². The minimum Gasteiger partial charge on any atom is -0.283 e. The Morgan fingerprint density at radius 1 is 1.39 bits per heavy atom. The molecule has 0 radical (unpaired) electrons. The van der Waals surface area contributed by atoms with Crippen LogP contribution in [-0.2, 0) is 6.54 Å². The Kier molecular flexibility index (Phi) is 4.50. The van der Waals surface area contributed by atoms with Crippen molar-refractivity contribution in [3.8, 4) is 0 Å². The summed E-state index contributed by atoms with van der Waals surface area (Å²) in [5, 5.41) is 1.30. The highest BCUT2D eigenvalue weighted by molar-refractivity contribution is 14.1. The summed E-state index contributed by atoms with van der Waals surface area (Å²) in [6.45, 7) is 2.65. The molecule has 0 saturated carbocycles. The molecule has 0 aliphatic heterocycles. The lowest BCUT2D eigenvalue weighted by Gasteiger charge is -2.09. The number of rotatable bonds is 3. The number of hydrogen-bond donors (Lipinski definition) is 0. The lowest BCUT2D eigenvalue weighted by atomic mass is 10.2. The predicted octanol–water partition coefficient (Wildman–Crippen LogP) is 4.11. The van der Waals surface area contributed by atoms with Crippen molar-refractivity contribution in [2.24, 2.45) is 0 Å². The fourth-order valence-corrected chi connectivity index (χ4v) is 3.13. The first kappa shape index (κ1) is 14.1. The first-order valence-corrected chi connectivity index (χ1v) is 7.43. The molecule has 1 aromatic heterocycles. The number of nitrogens with zero attached hydrogens (tertiary/aromatic N) is 2. The van der Waals surface area contributed by atoms with E-state index in [1.54, 1.807) is 12.1 Å². The van der Waals surface area contributed by atoms with Crippen LogP contribution >= 0.6 is 45.8 Å². The van der Waals surface area contributed by atoms with Gasteiger partial charge in [0.2, 0.25) is 5.28 Å². The third-order valence-corrected chi connectivity index (χ3v) is 3.99. The fourth-order valence-electron chi connectivity index (χ4n) is 1.73. The summed E-state index contributed by atoms with van der Waals surface area (Å²) in [5.74, 6) is 0. The van der Waals surface area contributed by atoms with Gasteiger partial charge in [-0.3, -0.25) is 9.36 Å². The van der Waals surface area contributed by atoms with Crippen molar-refractivity contribution in [1.29, 1.82) is 0 Å². The second-order valence-electron chi connectivity index (χ2n) is 3.97. The van der Waals surface area contributed by atoms with Crippen molar-refractivity contribution in [2.45, 2.75) is 26.3 Å². The number of hydrogen-bond acceptors (Lipinski definition) is 2. The number of halogens is 3. The highest BCUT2D eigenvalue weighted by Crippen LogP contribution is 2.23. The van der Waals surface area contributed by atoms with E-state index in [4.69, 9.17) is 23.2 Å². The lowest BCUT2D eigenvalue weighted by molar-refractivity contribution is 0.609. The van der Waals surface area contributed by atoms with Crippen molar-refractivity contribution in [3.05, 3.63) is 36.4 Å². The van der Waals surface area contributed by atoms with Gasteiger partial charge in [-0.15, -0.1) is 0 Å². The summed E-state index contributed by atoms with van der Waals surface area (Å²) in [5.41, 5.74) is 0.488. The second-order valence-corrected chi connectivity index (χ2v) is 5.91. The highest BCUT2D eigenvalue weighted by Gasteiger charge is 2.12. The zero-order valence-corrected chi connectivity index (χ0v) is 13.4. The van der Waals surface area contributed by atoms with Crippen molar-refractivity contribution in [3.63, 3.8) is 0 Å². The molecule has 0 spiro atoms. The summed E-state index contributed by atoms with van der Waals surface area (Å²) >= 11 is 14.2. The van der Waals surface area contributed by atoms with E-state index in [2.05, 4.69) is 34.5 Å². The van der Waals surface area contributed by atoms with Crippen LogP contribution in [0, 0.1) is 3.57 Å². The Morgan fingerprint density at radius 3 is 2.78 bits per heavy atom. The quantitative estimate of drug-likeness (QED) is 0.578. The first-order valence-electron chi connectivity index (χ1n) is 5.59. The Morgan fingerprint density at radius 2 is 2.11 bits per heavy atom. The van der Waals surface area contributed by atoms with E-state index in [0.717, 1.165) is 16.4 Å². The smallest absolute Gasteiger partial charge is 0.262 e. The average molecular weight is 397 g/mol. The van der Waals surface area contributed by atoms with Crippen molar-refractivity contribution < 1.29 is 0 Å². The van der Waals surface area contributed by atoms with E-state index >= 15 is 0 Å². The molecule has 3 nitrogen and oxygen atoms in total. The molecular formula is C12H11Cl2IN2O. The molecule has 0 atom stereocenters. The molecule has 6 heteroatoms. The molecule has 0 amide bonds. The highest BCUT2D eigenvalue weighted by atomic mass is 127. The topological polar surface area (TPSA) is 34.9 Å². The summed E-state index contributed by atoms with van der Waals surface area (Å²) in [4.78, 5) is 16.6. The summed E-state index contributed by atoms with van der Waals surface area (Å²) in [6, 6.07) is 3.41. The van der Waals surface area contributed by atoms with Gasteiger partial charge in [0, 0.05) is 15.1 Å². The van der Waals surface area contributed by atoms with Gasteiger partial charge in [0.1, 0.15) is 0 Å². The standard InChI is InChI=1S/C12H11Cl2IN2O/c1-2-3-4-17-11(18)8-5-7(13)6-9(15)10(8)16-12(17)14/h5-6H,2-4H2,1H3. The first-order chi connectivity index (χ1) is 8.54. The van der Waals surface area contributed by atoms with Gasteiger partial charge in [0.15, 0.2) is 0 Å². The van der Waals surface area contributed by atoms with E-state index in [1.165, 1.54) is 4.57 Å². The van der Waals surface area contributed by atoms with Crippen molar-refractivity contribution >= 4 is 56.7 Å². The maximum absolute atomic E-state index is 12.3. The molecule has 1 aromatic carbocycles. The van der Waals surface area contributed by atoms with E-state index in [-0.39, 0.29) is 10.8 Å². The zero-order valence-electron chi connectivity index (χ0n) is 9.71. The molecule has 0 saturated heterocycles. The molecule has 1 heterocycles. The van der Waals surface area contributed by atoms with Gasteiger partial charge in [0.25, 0.3) is 5.56 Å². The monoisotopic (exact) mass is 396 g/mol. The Hall–Kier alpha value is -0.330. The summed E-state index contributed by atoms with van der Waals surface area (Å²) < 4.78 is 2.33. The van der Waals surface area contributed by atoms with Gasteiger partial charge < -0.3 is 0 Å². The third kappa shape index (κ3) is 2.65. The lowest BCUT2D eigenvalue weighted by Crippen LogP contribution is -2.22. The summed E-state index contributed by atoms with van der Waals surface area (Å²) in [7, 11) is 0. The predicted molar refractivity (Wildman–Crippen MR) is 83.6 cm³/mol. The second kappa shape index (κ2) is 5.75. The van der Waals surface area contributed by atoms with E-state index in [1.807, 2.05) is 0 Å². The van der Waals surface area contributed by atoms with Gasteiger partial charge in [-0.1, -0.05) is 24.9 Å². The van der Waals surface area contributed by atoms with Crippen LogP contribution in [0.4, 0.5) is 0 Å². The van der Waals surface area contributed by atoms with Gasteiger partial charge in [-0.2, -0.15) is 0 Å². The normalized spacial score (nSPS) is 11.1. The Bertz CT molecular complexity index is 655. The number of benzene rings is 1. The minimum absolute atomic E-state index is 0.126. The van der Waals surface area contributed by atoms with Gasteiger partial charge >= 0.3 is 0 Å². The largest absolute Gasteiger partial charge is 0.283 e. The molecule has 0 aliphatic rings. The molecule has 2 rings (SSSR count). The van der Waals surface area contributed by atoms with Crippen LogP contribution in [0.25, 0.3) is 10.9 Å². The molecule has 0 aliphatic carbocycles. The van der Waals surface area contributed by atoms with E-state index in [0.29, 0.717) is 22.5 Å². The molecule has 0 unspecified atom stereocenters. The molecule has 0 bridgehead atoms. The van der Waals surface area contributed by atoms with E-state index < -0.39 is 0 Å². The SMILES string of the molecule is CCCCn1c(Cl)nc2c(I)cc(Cl)cc2c1=O. The molecule has 18 heavy (non-hydrogen) atoms. The Balaban J connectivity index is 2.73. The maximum atomic E-state index is 12.3. The van der Waals surface area contributed by atoms with Crippen LogP contribution in [0.15, 0.2) is 16.9 Å². The molecule has 0 fully saturated rings. The van der Waals surface area contributed by atoms with E-state index in [9.17, 15) is 4.79 Å². The number of aromatic nitrogens is 2. The molecule has 96 valence electrons. The summed E-state index contributed by atoms with van der Waals surface area (Å²) in [6.07, 6.45) is 1.89.